The maximum Gasteiger partial charge on any atom is 0.306 e. The zero-order chi connectivity index (χ0) is 17.1. The standard InChI is InChI=1S/C19H17FO4/c20-16-11-13(18(21)12-4-2-1-3-5-12)7-9-17(16)24-15-8-6-14(10-15)19(22)23/h1-5,7,9,11,14-15H,6,8,10H2,(H,22,23)/t14-,15-/m0/s1. The molecule has 1 aliphatic rings. The Labute approximate surface area is 138 Å². The monoisotopic (exact) mass is 328 g/mol. The highest BCUT2D eigenvalue weighted by Crippen LogP contribution is 2.31. The van der Waals surface area contributed by atoms with E-state index in [2.05, 4.69) is 0 Å². The third kappa shape index (κ3) is 3.45. The van der Waals surface area contributed by atoms with Crippen LogP contribution in [-0.4, -0.2) is 23.0 Å². The van der Waals surface area contributed by atoms with Crippen LogP contribution in [0.5, 0.6) is 5.75 Å². The van der Waals surface area contributed by atoms with Gasteiger partial charge >= 0.3 is 5.97 Å². The van der Waals surface area contributed by atoms with E-state index in [9.17, 15) is 14.0 Å². The number of carbonyl (C=O) groups excluding carboxylic acids is 1. The van der Waals surface area contributed by atoms with Crippen molar-refractivity contribution < 1.29 is 23.8 Å². The molecule has 1 fully saturated rings. The predicted molar refractivity (Wildman–Crippen MR) is 85.7 cm³/mol. The normalized spacial score (nSPS) is 19.9. The lowest BCUT2D eigenvalue weighted by molar-refractivity contribution is -0.141. The van der Waals surface area contributed by atoms with Crippen molar-refractivity contribution in [2.45, 2.75) is 25.4 Å². The maximum absolute atomic E-state index is 14.2. The number of rotatable bonds is 5. The third-order valence-electron chi connectivity index (χ3n) is 4.26. The first-order chi connectivity index (χ1) is 11.5. The summed E-state index contributed by atoms with van der Waals surface area (Å²) >= 11 is 0. The molecule has 1 N–H and O–H groups in total. The lowest BCUT2D eigenvalue weighted by Crippen LogP contribution is -2.16. The summed E-state index contributed by atoms with van der Waals surface area (Å²) in [5.74, 6) is -2.10. The second-order valence-corrected chi connectivity index (χ2v) is 5.93. The summed E-state index contributed by atoms with van der Waals surface area (Å²) in [4.78, 5) is 23.3. The second kappa shape index (κ2) is 6.83. The topological polar surface area (TPSA) is 63.6 Å². The summed E-state index contributed by atoms with van der Waals surface area (Å²) in [5, 5.41) is 8.99. The van der Waals surface area contributed by atoms with E-state index < -0.39 is 17.7 Å². The first kappa shape index (κ1) is 16.2. The van der Waals surface area contributed by atoms with E-state index in [0.29, 0.717) is 24.8 Å². The summed E-state index contributed by atoms with van der Waals surface area (Å²) in [6.07, 6.45) is 1.18. The molecule has 0 heterocycles. The van der Waals surface area contributed by atoms with Crippen LogP contribution in [0, 0.1) is 11.7 Å². The number of carboxylic acid groups (broad SMARTS) is 1. The lowest BCUT2D eigenvalue weighted by Gasteiger charge is -2.14. The van der Waals surface area contributed by atoms with Gasteiger partial charge in [0, 0.05) is 11.1 Å². The van der Waals surface area contributed by atoms with E-state index in [1.54, 1.807) is 30.3 Å². The Balaban J connectivity index is 1.71. The number of hydrogen-bond acceptors (Lipinski definition) is 3. The number of aliphatic carboxylic acids is 1. The van der Waals surface area contributed by atoms with Gasteiger partial charge < -0.3 is 9.84 Å². The van der Waals surface area contributed by atoms with Gasteiger partial charge in [0.25, 0.3) is 0 Å². The van der Waals surface area contributed by atoms with Gasteiger partial charge in [-0.3, -0.25) is 9.59 Å². The van der Waals surface area contributed by atoms with Crippen molar-refractivity contribution in [1.82, 2.24) is 0 Å². The van der Waals surface area contributed by atoms with Crippen molar-refractivity contribution in [1.29, 1.82) is 0 Å². The molecule has 2 atom stereocenters. The summed E-state index contributed by atoms with van der Waals surface area (Å²) < 4.78 is 19.8. The Morgan fingerprint density at radius 3 is 2.42 bits per heavy atom. The van der Waals surface area contributed by atoms with E-state index in [-0.39, 0.29) is 23.2 Å². The molecule has 0 aliphatic heterocycles. The molecule has 124 valence electrons. The highest BCUT2D eigenvalue weighted by atomic mass is 19.1. The van der Waals surface area contributed by atoms with Crippen molar-refractivity contribution in [2.75, 3.05) is 0 Å². The Hall–Kier alpha value is -2.69. The first-order valence-corrected chi connectivity index (χ1v) is 7.83. The number of ketones is 1. The summed E-state index contributed by atoms with van der Waals surface area (Å²) in [7, 11) is 0. The van der Waals surface area contributed by atoms with E-state index in [1.165, 1.54) is 12.1 Å². The van der Waals surface area contributed by atoms with Crippen LogP contribution in [-0.2, 0) is 4.79 Å². The fourth-order valence-corrected chi connectivity index (χ4v) is 2.94. The van der Waals surface area contributed by atoms with Crippen molar-refractivity contribution in [2.24, 2.45) is 5.92 Å². The highest BCUT2D eigenvalue weighted by molar-refractivity contribution is 6.09. The molecule has 0 saturated heterocycles. The van der Waals surface area contributed by atoms with Gasteiger partial charge in [0.2, 0.25) is 0 Å². The van der Waals surface area contributed by atoms with Crippen LogP contribution in [0.25, 0.3) is 0 Å². The van der Waals surface area contributed by atoms with Crippen LogP contribution in [0.15, 0.2) is 48.5 Å². The van der Waals surface area contributed by atoms with Crippen molar-refractivity contribution in [3.8, 4) is 5.75 Å². The van der Waals surface area contributed by atoms with Crippen molar-refractivity contribution >= 4 is 11.8 Å². The number of carboxylic acids is 1. The Kier molecular flexibility index (Phi) is 4.60. The van der Waals surface area contributed by atoms with Crippen molar-refractivity contribution in [3.63, 3.8) is 0 Å². The number of benzene rings is 2. The molecular weight excluding hydrogens is 311 g/mol. The van der Waals surface area contributed by atoms with Crippen LogP contribution in [0.4, 0.5) is 4.39 Å². The summed E-state index contributed by atoms with van der Waals surface area (Å²) in [5.41, 5.74) is 0.742. The molecule has 5 heteroatoms. The molecule has 24 heavy (non-hydrogen) atoms. The van der Waals surface area contributed by atoms with Gasteiger partial charge in [0.05, 0.1) is 12.0 Å². The summed E-state index contributed by atoms with van der Waals surface area (Å²) in [6, 6.07) is 12.8. The maximum atomic E-state index is 14.2. The number of halogens is 1. The smallest absolute Gasteiger partial charge is 0.306 e. The molecule has 0 radical (unpaired) electrons. The van der Waals surface area contributed by atoms with Gasteiger partial charge in [-0.05, 0) is 37.5 Å². The van der Waals surface area contributed by atoms with E-state index in [0.717, 1.165) is 6.07 Å². The van der Waals surface area contributed by atoms with Crippen molar-refractivity contribution in [3.05, 3.63) is 65.5 Å². The van der Waals surface area contributed by atoms with E-state index >= 15 is 0 Å². The Morgan fingerprint density at radius 1 is 1.04 bits per heavy atom. The van der Waals surface area contributed by atoms with E-state index in [1.807, 2.05) is 0 Å². The molecular formula is C19H17FO4. The molecule has 0 bridgehead atoms. The number of carbonyl (C=O) groups is 2. The molecule has 0 aromatic heterocycles. The second-order valence-electron chi connectivity index (χ2n) is 5.93. The molecule has 3 rings (SSSR count). The quantitative estimate of drug-likeness (QED) is 0.850. The average Bonchev–Trinajstić information content (AvgIpc) is 3.06. The molecule has 1 saturated carbocycles. The Morgan fingerprint density at radius 2 is 1.79 bits per heavy atom. The van der Waals surface area contributed by atoms with E-state index in [4.69, 9.17) is 9.84 Å². The zero-order valence-corrected chi connectivity index (χ0v) is 12.9. The van der Waals surface area contributed by atoms with Gasteiger partial charge in [0.15, 0.2) is 17.3 Å². The van der Waals surface area contributed by atoms with Crippen LogP contribution in [0.1, 0.15) is 35.2 Å². The molecule has 4 nitrogen and oxygen atoms in total. The molecule has 2 aromatic rings. The molecule has 1 aliphatic carbocycles. The number of hydrogen-bond donors (Lipinski definition) is 1. The van der Waals surface area contributed by atoms with Gasteiger partial charge in [-0.25, -0.2) is 4.39 Å². The molecule has 0 amide bonds. The van der Waals surface area contributed by atoms with Crippen LogP contribution in [0.2, 0.25) is 0 Å². The van der Waals surface area contributed by atoms with Gasteiger partial charge in [-0.2, -0.15) is 0 Å². The first-order valence-electron chi connectivity index (χ1n) is 7.83. The van der Waals surface area contributed by atoms with Crippen LogP contribution < -0.4 is 4.74 Å². The Bertz CT molecular complexity index is 757. The van der Waals surface area contributed by atoms with Gasteiger partial charge in [-0.15, -0.1) is 0 Å². The molecule has 0 spiro atoms. The number of ether oxygens (including phenoxy) is 1. The SMILES string of the molecule is O=C(c1ccccc1)c1ccc(O[C@H]2CC[C@H](C(=O)O)C2)c(F)c1. The minimum absolute atomic E-state index is 0.0515. The highest BCUT2D eigenvalue weighted by Gasteiger charge is 2.31. The minimum atomic E-state index is -0.842. The van der Waals surface area contributed by atoms with Gasteiger partial charge in [-0.1, -0.05) is 30.3 Å². The largest absolute Gasteiger partial charge is 0.487 e. The van der Waals surface area contributed by atoms with Crippen LogP contribution >= 0.6 is 0 Å². The predicted octanol–water partition coefficient (Wildman–Crippen LogP) is 3.69. The van der Waals surface area contributed by atoms with Crippen LogP contribution in [0.3, 0.4) is 0 Å². The lowest BCUT2D eigenvalue weighted by atomic mass is 10.0. The molecule has 0 unspecified atom stereocenters. The molecule has 2 aromatic carbocycles. The fraction of sp³-hybridized carbons (Fsp3) is 0.263. The third-order valence-corrected chi connectivity index (χ3v) is 4.26. The fourth-order valence-electron chi connectivity index (χ4n) is 2.94. The zero-order valence-electron chi connectivity index (χ0n) is 12.9. The minimum Gasteiger partial charge on any atom is -0.487 e. The average molecular weight is 328 g/mol. The summed E-state index contributed by atoms with van der Waals surface area (Å²) in [6.45, 7) is 0. The van der Waals surface area contributed by atoms with Gasteiger partial charge in [0.1, 0.15) is 0 Å².